The molecule has 1 aliphatic heterocycles. The number of piperidine rings is 1. The molecule has 3 aromatic rings. The second-order valence-electron chi connectivity index (χ2n) is 6.62. The molecule has 1 fully saturated rings. The van der Waals surface area contributed by atoms with Crippen molar-refractivity contribution in [2.24, 2.45) is 5.73 Å². The number of amides is 1. The normalized spacial score (nSPS) is 15.0. The zero-order chi connectivity index (χ0) is 19.7. The van der Waals surface area contributed by atoms with E-state index in [9.17, 15) is 4.79 Å². The third-order valence-corrected chi connectivity index (χ3v) is 6.04. The highest BCUT2D eigenvalue weighted by atomic mass is 32.1. The zero-order valence-corrected chi connectivity index (χ0v) is 16.5. The van der Waals surface area contributed by atoms with Crippen molar-refractivity contribution in [3.8, 4) is 11.5 Å². The molecule has 3 heterocycles. The molecule has 8 nitrogen and oxygen atoms in total. The van der Waals surface area contributed by atoms with Crippen LogP contribution in [0.5, 0.6) is 11.5 Å². The molecule has 1 aliphatic rings. The molecule has 2 N–H and O–H groups in total. The number of ether oxygens (including phenoxy) is 2. The standard InChI is InChI=1S/C19H21N5O3S/c1-26-15-7-12-13(8-16(15)27-2)21-10-22-18(12)24-5-3-11(4-6-24)19-23-14(9-28-19)17(20)25/h7-11H,3-6H2,1-2H3,(H2,20,25). The first-order valence-electron chi connectivity index (χ1n) is 8.97. The lowest BCUT2D eigenvalue weighted by Gasteiger charge is -2.32. The summed E-state index contributed by atoms with van der Waals surface area (Å²) in [7, 11) is 3.23. The molecule has 2 aromatic heterocycles. The van der Waals surface area contributed by atoms with Crippen molar-refractivity contribution in [2.75, 3.05) is 32.2 Å². The third-order valence-electron chi connectivity index (χ3n) is 5.04. The quantitative estimate of drug-likeness (QED) is 0.703. The minimum Gasteiger partial charge on any atom is -0.493 e. The highest BCUT2D eigenvalue weighted by Crippen LogP contribution is 2.37. The maximum absolute atomic E-state index is 11.3. The molecule has 0 bridgehead atoms. The van der Waals surface area contributed by atoms with E-state index in [-0.39, 0.29) is 0 Å². The fourth-order valence-corrected chi connectivity index (χ4v) is 4.53. The number of carbonyl (C=O) groups excluding carboxylic acids is 1. The van der Waals surface area contributed by atoms with Gasteiger partial charge in [0.25, 0.3) is 5.91 Å². The van der Waals surface area contributed by atoms with Crippen LogP contribution in [0.15, 0.2) is 23.8 Å². The van der Waals surface area contributed by atoms with Gasteiger partial charge in [-0.2, -0.15) is 0 Å². The number of fused-ring (bicyclic) bond motifs is 1. The Bertz CT molecular complexity index is 1010. The molecule has 1 aromatic carbocycles. The first-order valence-corrected chi connectivity index (χ1v) is 9.85. The summed E-state index contributed by atoms with van der Waals surface area (Å²) in [6, 6.07) is 3.79. The summed E-state index contributed by atoms with van der Waals surface area (Å²) in [5.41, 5.74) is 6.48. The van der Waals surface area contributed by atoms with Crippen LogP contribution in [0.1, 0.15) is 34.3 Å². The SMILES string of the molecule is COc1cc2ncnc(N3CCC(c4nc(C(N)=O)cs4)CC3)c2cc1OC. The van der Waals surface area contributed by atoms with E-state index in [2.05, 4.69) is 19.9 Å². The van der Waals surface area contributed by atoms with Gasteiger partial charge < -0.3 is 20.1 Å². The molecular weight excluding hydrogens is 378 g/mol. The van der Waals surface area contributed by atoms with Gasteiger partial charge in [-0.3, -0.25) is 4.79 Å². The van der Waals surface area contributed by atoms with Crippen LogP contribution in [-0.4, -0.2) is 48.2 Å². The second-order valence-corrected chi connectivity index (χ2v) is 7.51. The van der Waals surface area contributed by atoms with Gasteiger partial charge in [-0.1, -0.05) is 0 Å². The lowest BCUT2D eigenvalue weighted by molar-refractivity contribution is 0.0996. The molecule has 0 spiro atoms. The second kappa shape index (κ2) is 7.59. The average Bonchev–Trinajstić information content (AvgIpc) is 3.23. The Labute approximate surface area is 166 Å². The van der Waals surface area contributed by atoms with E-state index in [0.29, 0.717) is 23.1 Å². The Morgan fingerprint density at radius 2 is 1.89 bits per heavy atom. The van der Waals surface area contributed by atoms with Crippen molar-refractivity contribution >= 4 is 34.0 Å². The van der Waals surface area contributed by atoms with E-state index < -0.39 is 5.91 Å². The van der Waals surface area contributed by atoms with E-state index in [0.717, 1.165) is 47.7 Å². The van der Waals surface area contributed by atoms with E-state index >= 15 is 0 Å². The van der Waals surface area contributed by atoms with Crippen molar-refractivity contribution in [3.05, 3.63) is 34.5 Å². The molecule has 0 unspecified atom stereocenters. The van der Waals surface area contributed by atoms with Crippen LogP contribution in [0.4, 0.5) is 5.82 Å². The van der Waals surface area contributed by atoms with Gasteiger partial charge in [0.05, 0.1) is 24.7 Å². The maximum atomic E-state index is 11.3. The number of thiazole rings is 1. The summed E-state index contributed by atoms with van der Waals surface area (Å²) in [6.45, 7) is 1.69. The predicted molar refractivity (Wildman–Crippen MR) is 107 cm³/mol. The van der Waals surface area contributed by atoms with E-state index in [4.69, 9.17) is 15.2 Å². The van der Waals surface area contributed by atoms with E-state index in [1.165, 1.54) is 11.3 Å². The number of methoxy groups -OCH3 is 2. The fraction of sp³-hybridized carbons (Fsp3) is 0.368. The number of aromatic nitrogens is 3. The van der Waals surface area contributed by atoms with Crippen LogP contribution in [0.2, 0.25) is 0 Å². The van der Waals surface area contributed by atoms with Gasteiger partial charge in [-0.25, -0.2) is 15.0 Å². The number of hydrogen-bond acceptors (Lipinski definition) is 8. The van der Waals surface area contributed by atoms with Gasteiger partial charge in [-0.05, 0) is 18.9 Å². The van der Waals surface area contributed by atoms with E-state index in [1.807, 2.05) is 12.1 Å². The van der Waals surface area contributed by atoms with Crippen LogP contribution in [0, 0.1) is 0 Å². The fourth-order valence-electron chi connectivity index (χ4n) is 3.55. The summed E-state index contributed by atoms with van der Waals surface area (Å²) in [5, 5.41) is 3.65. The molecule has 146 valence electrons. The van der Waals surface area contributed by atoms with Crippen molar-refractivity contribution in [2.45, 2.75) is 18.8 Å². The zero-order valence-electron chi connectivity index (χ0n) is 15.7. The van der Waals surface area contributed by atoms with Gasteiger partial charge in [0.1, 0.15) is 17.8 Å². The Kier molecular flexibility index (Phi) is 4.99. The van der Waals surface area contributed by atoms with Gasteiger partial charge in [0.15, 0.2) is 11.5 Å². The number of anilines is 1. The van der Waals surface area contributed by atoms with Gasteiger partial charge in [-0.15, -0.1) is 11.3 Å². The molecule has 9 heteroatoms. The summed E-state index contributed by atoms with van der Waals surface area (Å²) in [5.74, 6) is 2.05. The molecule has 28 heavy (non-hydrogen) atoms. The number of benzene rings is 1. The lowest BCUT2D eigenvalue weighted by atomic mass is 9.97. The minimum absolute atomic E-state index is 0.331. The van der Waals surface area contributed by atoms with Crippen LogP contribution in [-0.2, 0) is 0 Å². The van der Waals surface area contributed by atoms with Gasteiger partial charge in [0.2, 0.25) is 0 Å². The molecule has 0 atom stereocenters. The number of rotatable bonds is 5. The Morgan fingerprint density at radius 1 is 1.18 bits per heavy atom. The summed E-state index contributed by atoms with van der Waals surface area (Å²) in [4.78, 5) is 26.8. The number of nitrogens with two attached hydrogens (primary N) is 1. The monoisotopic (exact) mass is 399 g/mol. The van der Waals surface area contributed by atoms with Crippen LogP contribution in [0.3, 0.4) is 0 Å². The Balaban J connectivity index is 1.57. The lowest BCUT2D eigenvalue weighted by Crippen LogP contribution is -2.33. The minimum atomic E-state index is -0.475. The molecule has 1 saturated heterocycles. The number of carbonyl (C=O) groups is 1. The van der Waals surface area contributed by atoms with Crippen LogP contribution >= 0.6 is 11.3 Å². The van der Waals surface area contributed by atoms with Crippen LogP contribution < -0.4 is 20.1 Å². The third kappa shape index (κ3) is 3.33. The summed E-state index contributed by atoms with van der Waals surface area (Å²) in [6.07, 6.45) is 3.45. The van der Waals surface area contributed by atoms with Gasteiger partial charge in [0, 0.05) is 35.8 Å². The molecular formula is C19H21N5O3S. The van der Waals surface area contributed by atoms with Gasteiger partial charge >= 0.3 is 0 Å². The average molecular weight is 399 g/mol. The molecule has 4 rings (SSSR count). The Morgan fingerprint density at radius 3 is 2.54 bits per heavy atom. The smallest absolute Gasteiger partial charge is 0.268 e. The highest BCUT2D eigenvalue weighted by molar-refractivity contribution is 7.09. The van der Waals surface area contributed by atoms with Crippen LogP contribution in [0.25, 0.3) is 10.9 Å². The summed E-state index contributed by atoms with van der Waals surface area (Å²) < 4.78 is 10.8. The molecule has 0 aliphatic carbocycles. The summed E-state index contributed by atoms with van der Waals surface area (Å²) >= 11 is 1.51. The van der Waals surface area contributed by atoms with Crippen molar-refractivity contribution in [1.82, 2.24) is 15.0 Å². The van der Waals surface area contributed by atoms with Crippen molar-refractivity contribution in [3.63, 3.8) is 0 Å². The van der Waals surface area contributed by atoms with Crippen molar-refractivity contribution < 1.29 is 14.3 Å². The number of nitrogens with zero attached hydrogens (tertiary/aromatic N) is 4. The largest absolute Gasteiger partial charge is 0.493 e. The molecule has 0 radical (unpaired) electrons. The Hall–Kier alpha value is -2.94. The predicted octanol–water partition coefficient (Wildman–Crippen LogP) is 2.59. The number of primary amides is 1. The first kappa shape index (κ1) is 18.4. The number of hydrogen-bond donors (Lipinski definition) is 1. The molecule has 0 saturated carbocycles. The first-order chi connectivity index (χ1) is 13.6. The topological polar surface area (TPSA) is 103 Å². The highest BCUT2D eigenvalue weighted by Gasteiger charge is 2.25. The molecule has 1 amide bonds. The van der Waals surface area contributed by atoms with Crippen molar-refractivity contribution in [1.29, 1.82) is 0 Å². The van der Waals surface area contributed by atoms with E-state index in [1.54, 1.807) is 25.9 Å². The maximum Gasteiger partial charge on any atom is 0.268 e.